The molecule has 0 aromatic carbocycles. The molecule has 2 N–H and O–H groups in total. The molecule has 1 aliphatic rings. The van der Waals surface area contributed by atoms with E-state index in [1.54, 1.807) is 0 Å². The summed E-state index contributed by atoms with van der Waals surface area (Å²) in [6.07, 6.45) is 6.53. The van der Waals surface area contributed by atoms with E-state index in [2.05, 4.69) is 25.9 Å². The van der Waals surface area contributed by atoms with Gasteiger partial charge >= 0.3 is 0 Å². The van der Waals surface area contributed by atoms with Gasteiger partial charge in [0.2, 0.25) is 5.91 Å². The summed E-state index contributed by atoms with van der Waals surface area (Å²) < 4.78 is 8.06. The molecule has 27 heavy (non-hydrogen) atoms. The van der Waals surface area contributed by atoms with Crippen molar-refractivity contribution in [2.75, 3.05) is 19.8 Å². The van der Waals surface area contributed by atoms with Gasteiger partial charge in [0, 0.05) is 36.6 Å². The molecular weight excluding hydrogens is 342 g/mol. The van der Waals surface area contributed by atoms with Crippen molar-refractivity contribution >= 4 is 28.0 Å². The zero-order chi connectivity index (χ0) is 19.0. The number of nitrogens with one attached hydrogen (secondary N) is 2. The molecule has 7 heteroatoms. The molecule has 0 aliphatic carbocycles. The van der Waals surface area contributed by atoms with E-state index in [1.807, 2.05) is 33.2 Å². The Kier molecular flexibility index (Phi) is 4.63. The zero-order valence-corrected chi connectivity index (χ0v) is 16.2. The van der Waals surface area contributed by atoms with Crippen LogP contribution in [0.15, 0.2) is 18.5 Å². The lowest BCUT2D eigenvalue weighted by atomic mass is 9.96. The lowest BCUT2D eigenvalue weighted by Crippen LogP contribution is -2.36. The first-order valence-electron chi connectivity index (χ1n) is 9.64. The van der Waals surface area contributed by atoms with E-state index >= 15 is 0 Å². The number of amides is 1. The minimum absolute atomic E-state index is 0.0563. The molecule has 1 aliphatic heterocycles. The maximum absolute atomic E-state index is 12.2. The van der Waals surface area contributed by atoms with Gasteiger partial charge in [-0.05, 0) is 18.9 Å². The van der Waals surface area contributed by atoms with Crippen LogP contribution >= 0.6 is 0 Å². The SMILES string of the molecule is CC(C)(C)C(=O)NCCc1nc2cnc3[nH]ccc3c2n1C1CCCOC1. The van der Waals surface area contributed by atoms with Gasteiger partial charge in [0.25, 0.3) is 0 Å². The van der Waals surface area contributed by atoms with Crippen molar-refractivity contribution in [3.63, 3.8) is 0 Å². The Morgan fingerprint density at radius 3 is 3.04 bits per heavy atom. The third-order valence-corrected chi connectivity index (χ3v) is 5.12. The maximum Gasteiger partial charge on any atom is 0.225 e. The number of imidazole rings is 1. The number of H-pyrrole nitrogens is 1. The van der Waals surface area contributed by atoms with Crippen LogP contribution in [-0.2, 0) is 16.0 Å². The summed E-state index contributed by atoms with van der Waals surface area (Å²) in [5.41, 5.74) is 2.48. The van der Waals surface area contributed by atoms with Gasteiger partial charge in [-0.3, -0.25) is 4.79 Å². The van der Waals surface area contributed by atoms with Crippen molar-refractivity contribution in [2.45, 2.75) is 46.1 Å². The normalized spacial score (nSPS) is 18.3. The number of hydrogen-bond acceptors (Lipinski definition) is 4. The highest BCUT2D eigenvalue weighted by molar-refractivity contribution is 6.01. The van der Waals surface area contributed by atoms with Crippen LogP contribution in [0.2, 0.25) is 0 Å². The first kappa shape index (κ1) is 18.0. The molecule has 1 fully saturated rings. The van der Waals surface area contributed by atoms with E-state index in [0.29, 0.717) is 19.6 Å². The van der Waals surface area contributed by atoms with Crippen LogP contribution in [0, 0.1) is 5.41 Å². The fourth-order valence-electron chi connectivity index (χ4n) is 3.69. The molecule has 1 atom stereocenters. The molecule has 7 nitrogen and oxygen atoms in total. The lowest BCUT2D eigenvalue weighted by molar-refractivity contribution is -0.128. The molecule has 0 radical (unpaired) electrons. The molecule has 0 saturated carbocycles. The Morgan fingerprint density at radius 2 is 2.30 bits per heavy atom. The van der Waals surface area contributed by atoms with Gasteiger partial charge in [-0.15, -0.1) is 0 Å². The highest BCUT2D eigenvalue weighted by Crippen LogP contribution is 2.31. The second-order valence-corrected chi connectivity index (χ2v) is 8.26. The van der Waals surface area contributed by atoms with Crippen LogP contribution in [0.3, 0.4) is 0 Å². The van der Waals surface area contributed by atoms with Crippen LogP contribution in [0.1, 0.15) is 45.5 Å². The summed E-state index contributed by atoms with van der Waals surface area (Å²) in [7, 11) is 0. The van der Waals surface area contributed by atoms with Crippen molar-refractivity contribution in [2.24, 2.45) is 5.41 Å². The van der Waals surface area contributed by atoms with E-state index < -0.39 is 5.41 Å². The summed E-state index contributed by atoms with van der Waals surface area (Å²) in [4.78, 5) is 24.7. The quantitative estimate of drug-likeness (QED) is 0.740. The predicted octanol–water partition coefficient (Wildman–Crippen LogP) is 2.97. The number of rotatable bonds is 4. The van der Waals surface area contributed by atoms with Gasteiger partial charge in [0.05, 0.1) is 24.4 Å². The third kappa shape index (κ3) is 3.43. The highest BCUT2D eigenvalue weighted by Gasteiger charge is 2.24. The summed E-state index contributed by atoms with van der Waals surface area (Å²) >= 11 is 0. The second kappa shape index (κ2) is 6.96. The van der Waals surface area contributed by atoms with Crippen LogP contribution in [0.25, 0.3) is 22.1 Å². The average Bonchev–Trinajstić information content (AvgIpc) is 3.25. The van der Waals surface area contributed by atoms with E-state index in [9.17, 15) is 4.79 Å². The van der Waals surface area contributed by atoms with Crippen LogP contribution in [0.5, 0.6) is 0 Å². The molecule has 1 amide bonds. The monoisotopic (exact) mass is 369 g/mol. The van der Waals surface area contributed by atoms with Crippen molar-refractivity contribution in [3.05, 3.63) is 24.3 Å². The first-order valence-corrected chi connectivity index (χ1v) is 9.64. The number of carbonyl (C=O) groups is 1. The number of hydrogen-bond donors (Lipinski definition) is 2. The Hall–Kier alpha value is -2.41. The zero-order valence-electron chi connectivity index (χ0n) is 16.2. The average molecular weight is 369 g/mol. The third-order valence-electron chi connectivity index (χ3n) is 5.12. The minimum Gasteiger partial charge on any atom is -0.379 e. The van der Waals surface area contributed by atoms with Crippen LogP contribution in [0.4, 0.5) is 0 Å². The Balaban J connectivity index is 1.69. The summed E-state index contributed by atoms with van der Waals surface area (Å²) in [6.45, 7) is 7.85. The second-order valence-electron chi connectivity index (χ2n) is 8.26. The summed E-state index contributed by atoms with van der Waals surface area (Å²) in [5, 5.41) is 4.11. The van der Waals surface area contributed by atoms with Crippen LogP contribution < -0.4 is 5.32 Å². The predicted molar refractivity (Wildman–Crippen MR) is 105 cm³/mol. The maximum atomic E-state index is 12.2. The smallest absolute Gasteiger partial charge is 0.225 e. The van der Waals surface area contributed by atoms with Crippen molar-refractivity contribution in [1.29, 1.82) is 0 Å². The van der Waals surface area contributed by atoms with Crippen molar-refractivity contribution in [3.8, 4) is 0 Å². The number of aromatic amines is 1. The van der Waals surface area contributed by atoms with E-state index in [-0.39, 0.29) is 11.9 Å². The highest BCUT2D eigenvalue weighted by atomic mass is 16.5. The summed E-state index contributed by atoms with van der Waals surface area (Å²) in [5.74, 6) is 1.03. The number of nitrogens with zero attached hydrogens (tertiary/aromatic N) is 3. The van der Waals surface area contributed by atoms with E-state index in [1.165, 1.54) is 0 Å². The van der Waals surface area contributed by atoms with Crippen molar-refractivity contribution in [1.82, 2.24) is 24.8 Å². The Bertz CT molecular complexity index is 960. The molecule has 0 bridgehead atoms. The first-order chi connectivity index (χ1) is 12.9. The number of fused-ring (bicyclic) bond motifs is 3. The molecule has 144 valence electrons. The number of ether oxygens (including phenoxy) is 1. The van der Waals surface area contributed by atoms with E-state index in [0.717, 1.165) is 47.3 Å². The standard InChI is InChI=1S/C20H27N5O2/c1-20(2,3)19(26)22-9-7-16-24-15-11-23-18-14(6-8-21-18)17(15)25(16)13-5-4-10-27-12-13/h6,8,11,13H,4-5,7,9-10,12H2,1-3H3,(H,21,23)(H,22,26). The number of pyridine rings is 1. The Morgan fingerprint density at radius 1 is 1.44 bits per heavy atom. The number of aromatic nitrogens is 4. The lowest BCUT2D eigenvalue weighted by Gasteiger charge is -2.26. The molecule has 4 rings (SSSR count). The molecule has 1 unspecified atom stereocenters. The van der Waals surface area contributed by atoms with Gasteiger partial charge in [0.1, 0.15) is 17.0 Å². The minimum atomic E-state index is -0.390. The fourth-order valence-corrected chi connectivity index (χ4v) is 3.69. The van der Waals surface area contributed by atoms with Gasteiger partial charge < -0.3 is 19.6 Å². The molecule has 1 saturated heterocycles. The molecule has 3 aromatic rings. The molecule has 0 spiro atoms. The molecule has 3 aromatic heterocycles. The van der Waals surface area contributed by atoms with Gasteiger partial charge in [0.15, 0.2) is 0 Å². The topological polar surface area (TPSA) is 84.8 Å². The number of carbonyl (C=O) groups excluding carboxylic acids is 1. The largest absolute Gasteiger partial charge is 0.379 e. The van der Waals surface area contributed by atoms with Gasteiger partial charge in [-0.1, -0.05) is 20.8 Å². The van der Waals surface area contributed by atoms with Crippen LogP contribution in [-0.4, -0.2) is 45.2 Å². The molecular formula is C20H27N5O2. The fraction of sp³-hybridized carbons (Fsp3) is 0.550. The summed E-state index contributed by atoms with van der Waals surface area (Å²) in [6, 6.07) is 2.31. The van der Waals surface area contributed by atoms with E-state index in [4.69, 9.17) is 9.72 Å². The van der Waals surface area contributed by atoms with Gasteiger partial charge in [-0.25, -0.2) is 9.97 Å². The molecule has 4 heterocycles. The Labute approximate surface area is 158 Å². The van der Waals surface area contributed by atoms with Crippen molar-refractivity contribution < 1.29 is 9.53 Å². The van der Waals surface area contributed by atoms with Gasteiger partial charge in [-0.2, -0.15) is 0 Å².